The number of hydrogen-bond acceptors (Lipinski definition) is 0. The summed E-state index contributed by atoms with van der Waals surface area (Å²) in [5.41, 5.74) is 0. The molecule has 0 aromatic rings. The summed E-state index contributed by atoms with van der Waals surface area (Å²) >= 11 is 0. The molecular formula is Cr2Ge2O7. The molecule has 0 aromatic heterocycles. The van der Waals surface area contributed by atoms with Gasteiger partial charge in [0.15, 0.2) is 0 Å². The minimum absolute atomic E-state index is 0. The van der Waals surface area contributed by atoms with Gasteiger partial charge in [-0.3, -0.25) is 0 Å². The molecule has 0 saturated heterocycles. The van der Waals surface area contributed by atoms with Crippen molar-refractivity contribution in [2.75, 3.05) is 0 Å². The Morgan fingerprint density at radius 2 is 0.273 bits per heavy atom. The fourth-order valence-corrected chi connectivity index (χ4v) is 0. The fourth-order valence-electron chi connectivity index (χ4n) is 0. The Hall–Kier alpha value is 1.87. The van der Waals surface area contributed by atoms with Gasteiger partial charge in [0, 0.05) is 0 Å². The Kier molecular flexibility index (Phi) is 18900. The number of hydrogen-bond donors (Lipinski definition) is 0. The zero-order chi connectivity index (χ0) is 0. The van der Waals surface area contributed by atoms with Crippen molar-refractivity contribution in [1.82, 2.24) is 0 Å². The third-order valence-electron chi connectivity index (χ3n) is 0. The Bertz CT molecular complexity index is 14.4. The van der Waals surface area contributed by atoms with E-state index in [4.69, 9.17) is 0 Å². The van der Waals surface area contributed by atoms with Crippen molar-refractivity contribution in [3.05, 3.63) is 0 Å². The van der Waals surface area contributed by atoms with E-state index in [1.807, 2.05) is 0 Å². The van der Waals surface area contributed by atoms with Crippen LogP contribution >= 0.6 is 0 Å². The molecular weight excluding hydrogens is 361 g/mol. The van der Waals surface area contributed by atoms with Gasteiger partial charge in [-0.15, -0.1) is 0 Å². The summed E-state index contributed by atoms with van der Waals surface area (Å²) < 4.78 is 0. The van der Waals surface area contributed by atoms with Gasteiger partial charge in [-0.05, 0) is 0 Å². The summed E-state index contributed by atoms with van der Waals surface area (Å²) in [6.07, 6.45) is 0. The zero-order valence-electron chi connectivity index (χ0n) is 4.67. The van der Waals surface area contributed by atoms with Crippen molar-refractivity contribution in [1.29, 1.82) is 0 Å². The summed E-state index contributed by atoms with van der Waals surface area (Å²) in [7, 11) is 0. The fraction of sp³-hybridized carbons (Fsp3) is 0. The van der Waals surface area contributed by atoms with Crippen LogP contribution in [0.15, 0.2) is 0 Å². The van der Waals surface area contributed by atoms with Gasteiger partial charge in [-0.1, -0.05) is 0 Å². The van der Waals surface area contributed by atoms with E-state index < -0.39 is 0 Å². The minimum atomic E-state index is 0. The van der Waals surface area contributed by atoms with Gasteiger partial charge >= 0.3 is 69.9 Å². The zero-order valence-corrected chi connectivity index (χ0v) is 11.4. The number of rotatable bonds is 0. The Morgan fingerprint density at radius 1 is 0.273 bits per heavy atom. The predicted octanol–water partition coefficient (Wildman–Crippen LogP) is -1.60. The predicted molar refractivity (Wildman–Crippen MR) is 16.3 cm³/mol. The van der Waals surface area contributed by atoms with Crippen LogP contribution < -0.4 is 0 Å². The summed E-state index contributed by atoms with van der Waals surface area (Å²) in [4.78, 5) is 0. The Labute approximate surface area is 108 Å². The first kappa shape index (κ1) is 518. The molecule has 62 valence electrons. The quantitative estimate of drug-likeness (QED) is 0.448. The third kappa shape index (κ3) is 331. The molecule has 11 heteroatoms. The van der Waals surface area contributed by atoms with Crippen LogP contribution in [0.1, 0.15) is 0 Å². The van der Waals surface area contributed by atoms with E-state index >= 15 is 0 Å². The third-order valence-corrected chi connectivity index (χ3v) is 0. The van der Waals surface area contributed by atoms with E-state index in [0.717, 1.165) is 0 Å². The van der Waals surface area contributed by atoms with Crippen LogP contribution in [-0.4, -0.2) is 35.2 Å². The monoisotopic (exact) mass is 364 g/mol. The molecule has 0 unspecified atom stereocenters. The van der Waals surface area contributed by atoms with Crippen molar-refractivity contribution < 1.29 is 73.1 Å². The summed E-state index contributed by atoms with van der Waals surface area (Å²) in [6.45, 7) is 0. The van der Waals surface area contributed by atoms with Crippen LogP contribution in [0.2, 0.25) is 0 Å². The molecule has 11 heavy (non-hydrogen) atoms. The molecule has 0 atom stereocenters. The van der Waals surface area contributed by atoms with Crippen molar-refractivity contribution >= 4 is 35.2 Å². The second-order valence-corrected chi connectivity index (χ2v) is 0. The first-order valence-corrected chi connectivity index (χ1v) is 0. The Balaban J connectivity index is 0. The van der Waals surface area contributed by atoms with Crippen molar-refractivity contribution in [3.8, 4) is 0 Å². The molecule has 0 aliphatic heterocycles. The first-order valence-electron chi connectivity index (χ1n) is 0. The van der Waals surface area contributed by atoms with E-state index in [-0.39, 0.29) is 108 Å². The molecule has 0 saturated carbocycles. The second-order valence-electron chi connectivity index (χ2n) is 0. The smallest absolute Gasteiger partial charge is 2.00 e. The van der Waals surface area contributed by atoms with Crippen molar-refractivity contribution in [3.63, 3.8) is 0 Å². The molecule has 0 amide bonds. The average molecular weight is 361 g/mol. The minimum Gasteiger partial charge on any atom is -2.00 e. The summed E-state index contributed by atoms with van der Waals surface area (Å²) in [5.74, 6) is 0. The second kappa shape index (κ2) is 401. The van der Waals surface area contributed by atoms with Crippen LogP contribution in [0.25, 0.3) is 0 Å². The molecule has 0 aromatic carbocycles. The largest absolute Gasteiger partial charge is 4.00 e. The van der Waals surface area contributed by atoms with Gasteiger partial charge in [0.05, 0.1) is 0 Å². The molecule has 0 rings (SSSR count). The van der Waals surface area contributed by atoms with Crippen molar-refractivity contribution in [2.45, 2.75) is 0 Å². The molecule has 2 radical (unpaired) electrons. The maximum atomic E-state index is 0. The van der Waals surface area contributed by atoms with Crippen LogP contribution in [0, 0.1) is 0 Å². The summed E-state index contributed by atoms with van der Waals surface area (Å²) in [5, 5.41) is 0. The average Bonchev–Trinajstić information content (AvgIpc) is 0. The molecule has 7 nitrogen and oxygen atoms in total. The van der Waals surface area contributed by atoms with Gasteiger partial charge < -0.3 is 38.3 Å². The molecule has 0 aliphatic carbocycles. The SMILES string of the molecule is [Cr+3].[Cr+3].[Ge+4].[Ge+4].[O-2].[O-2].[O-2].[O-2].[O-2].[O-2].[O-2]. The maximum absolute atomic E-state index is 0. The molecule has 0 spiro atoms. The van der Waals surface area contributed by atoms with E-state index in [0.29, 0.717) is 0 Å². The Morgan fingerprint density at radius 3 is 0.273 bits per heavy atom. The van der Waals surface area contributed by atoms with E-state index in [9.17, 15) is 0 Å². The molecule has 0 heterocycles. The topological polar surface area (TPSA) is 200 Å². The van der Waals surface area contributed by atoms with E-state index in [1.54, 1.807) is 0 Å². The van der Waals surface area contributed by atoms with Gasteiger partial charge in [0.2, 0.25) is 0 Å². The van der Waals surface area contributed by atoms with Gasteiger partial charge in [-0.25, -0.2) is 0 Å². The van der Waals surface area contributed by atoms with Crippen LogP contribution in [0.5, 0.6) is 0 Å². The van der Waals surface area contributed by atoms with Crippen LogP contribution in [0.3, 0.4) is 0 Å². The van der Waals surface area contributed by atoms with E-state index in [1.165, 1.54) is 0 Å². The molecule has 0 fully saturated rings. The molecule has 0 bridgehead atoms. The van der Waals surface area contributed by atoms with Gasteiger partial charge in [0.25, 0.3) is 0 Å². The first-order chi connectivity index (χ1) is 0. The molecule has 0 aliphatic rings. The van der Waals surface area contributed by atoms with Crippen LogP contribution in [-0.2, 0) is 73.1 Å². The summed E-state index contributed by atoms with van der Waals surface area (Å²) in [6, 6.07) is 0. The molecule has 0 N–H and O–H groups in total. The standard InChI is InChI=1S/2Cr.2Ge.7O/q2*+3;2*+4;7*-2. The van der Waals surface area contributed by atoms with E-state index in [2.05, 4.69) is 0 Å². The normalized spacial score (nSPS) is 0. The maximum Gasteiger partial charge on any atom is 4.00 e. The van der Waals surface area contributed by atoms with Crippen LogP contribution in [0.4, 0.5) is 0 Å². The van der Waals surface area contributed by atoms with Gasteiger partial charge in [-0.2, -0.15) is 0 Å². The van der Waals surface area contributed by atoms with Crippen molar-refractivity contribution in [2.24, 2.45) is 0 Å². The van der Waals surface area contributed by atoms with Gasteiger partial charge in [0.1, 0.15) is 0 Å².